The lowest BCUT2D eigenvalue weighted by Crippen LogP contribution is -2.33. The van der Waals surface area contributed by atoms with Gasteiger partial charge in [-0.1, -0.05) is 43.3 Å². The minimum absolute atomic E-state index is 0.0654. The Labute approximate surface area is 149 Å². The van der Waals surface area contributed by atoms with Gasteiger partial charge in [0, 0.05) is 24.8 Å². The molecule has 2 rings (SSSR count). The molecule has 25 heavy (non-hydrogen) atoms. The SMILES string of the molecule is CCCN(CC(=O)Nc1cccc(NC(C)=O)c1)Cc1ccccc1. The van der Waals surface area contributed by atoms with Gasteiger partial charge in [-0.05, 0) is 36.7 Å². The quantitative estimate of drug-likeness (QED) is 0.774. The van der Waals surface area contributed by atoms with Crippen molar-refractivity contribution in [3.05, 3.63) is 60.2 Å². The Morgan fingerprint density at radius 2 is 1.64 bits per heavy atom. The smallest absolute Gasteiger partial charge is 0.238 e. The molecule has 0 radical (unpaired) electrons. The molecule has 0 fully saturated rings. The van der Waals surface area contributed by atoms with Crippen LogP contribution in [0, 0.1) is 0 Å². The molecule has 132 valence electrons. The number of carbonyl (C=O) groups excluding carboxylic acids is 2. The molecule has 0 saturated carbocycles. The molecule has 0 saturated heterocycles. The zero-order valence-electron chi connectivity index (χ0n) is 14.8. The maximum absolute atomic E-state index is 12.4. The fourth-order valence-electron chi connectivity index (χ4n) is 2.65. The molecule has 2 N–H and O–H groups in total. The van der Waals surface area contributed by atoms with E-state index in [1.165, 1.54) is 12.5 Å². The molecule has 5 nitrogen and oxygen atoms in total. The van der Waals surface area contributed by atoms with E-state index in [9.17, 15) is 9.59 Å². The van der Waals surface area contributed by atoms with Gasteiger partial charge in [0.25, 0.3) is 0 Å². The fraction of sp³-hybridized carbons (Fsp3) is 0.300. The maximum atomic E-state index is 12.4. The standard InChI is InChI=1S/C20H25N3O2/c1-3-12-23(14-17-8-5-4-6-9-17)15-20(25)22-19-11-7-10-18(13-19)21-16(2)24/h4-11,13H,3,12,14-15H2,1-2H3,(H,21,24)(H,22,25). The summed E-state index contributed by atoms with van der Waals surface area (Å²) in [6, 6.07) is 17.3. The Bertz CT molecular complexity index is 701. The third kappa shape index (κ3) is 6.77. The van der Waals surface area contributed by atoms with Crippen LogP contribution in [0.15, 0.2) is 54.6 Å². The van der Waals surface area contributed by atoms with Gasteiger partial charge >= 0.3 is 0 Å². The number of carbonyl (C=O) groups is 2. The molecule has 0 unspecified atom stereocenters. The van der Waals surface area contributed by atoms with E-state index in [1.54, 1.807) is 18.2 Å². The van der Waals surface area contributed by atoms with E-state index in [0.29, 0.717) is 17.9 Å². The largest absolute Gasteiger partial charge is 0.326 e. The molecule has 5 heteroatoms. The van der Waals surface area contributed by atoms with Crippen molar-refractivity contribution in [1.82, 2.24) is 4.90 Å². The van der Waals surface area contributed by atoms with E-state index < -0.39 is 0 Å². The van der Waals surface area contributed by atoms with E-state index in [-0.39, 0.29) is 11.8 Å². The van der Waals surface area contributed by atoms with Gasteiger partial charge in [0.05, 0.1) is 6.54 Å². The van der Waals surface area contributed by atoms with Crippen LogP contribution in [0.2, 0.25) is 0 Å². The van der Waals surface area contributed by atoms with E-state index in [4.69, 9.17) is 0 Å². The lowest BCUT2D eigenvalue weighted by atomic mass is 10.2. The molecule has 0 aromatic heterocycles. The molecule has 2 amide bonds. The van der Waals surface area contributed by atoms with Gasteiger partial charge in [-0.3, -0.25) is 14.5 Å². The first-order chi connectivity index (χ1) is 12.1. The molecule has 0 heterocycles. The second-order valence-electron chi connectivity index (χ2n) is 6.01. The van der Waals surface area contributed by atoms with E-state index in [2.05, 4.69) is 34.6 Å². The molecule has 0 atom stereocenters. The summed E-state index contributed by atoms with van der Waals surface area (Å²) in [4.78, 5) is 25.6. The summed E-state index contributed by atoms with van der Waals surface area (Å²) in [6.07, 6.45) is 0.984. The molecule has 0 aliphatic carbocycles. The molecule has 0 bridgehead atoms. The molecular weight excluding hydrogens is 314 g/mol. The summed E-state index contributed by atoms with van der Waals surface area (Å²) in [5.41, 5.74) is 2.53. The molecule has 0 spiro atoms. The molecule has 2 aromatic rings. The number of hydrogen-bond acceptors (Lipinski definition) is 3. The number of nitrogens with zero attached hydrogens (tertiary/aromatic N) is 1. The first kappa shape index (κ1) is 18.7. The Morgan fingerprint density at radius 3 is 2.28 bits per heavy atom. The predicted molar refractivity (Wildman–Crippen MR) is 101 cm³/mol. The van der Waals surface area contributed by atoms with Gasteiger partial charge < -0.3 is 10.6 Å². The first-order valence-electron chi connectivity index (χ1n) is 8.50. The number of benzene rings is 2. The van der Waals surface area contributed by atoms with Gasteiger partial charge in [-0.2, -0.15) is 0 Å². The third-order valence-corrected chi connectivity index (χ3v) is 3.62. The molecular formula is C20H25N3O2. The zero-order valence-corrected chi connectivity index (χ0v) is 14.8. The highest BCUT2D eigenvalue weighted by Crippen LogP contribution is 2.15. The average Bonchev–Trinajstić information content (AvgIpc) is 2.55. The summed E-state index contributed by atoms with van der Waals surface area (Å²) in [5.74, 6) is -0.204. The van der Waals surface area contributed by atoms with E-state index in [1.807, 2.05) is 24.3 Å². The first-order valence-corrected chi connectivity index (χ1v) is 8.50. The number of nitrogens with one attached hydrogen (secondary N) is 2. The Balaban J connectivity index is 1.95. The summed E-state index contributed by atoms with van der Waals surface area (Å²) in [6.45, 7) is 5.49. The van der Waals surface area contributed by atoms with E-state index in [0.717, 1.165) is 19.5 Å². The predicted octanol–water partition coefficient (Wildman–Crippen LogP) is 3.50. The van der Waals surface area contributed by atoms with Crippen LogP contribution >= 0.6 is 0 Å². The summed E-state index contributed by atoms with van der Waals surface area (Å²) in [7, 11) is 0. The van der Waals surface area contributed by atoms with Crippen molar-refractivity contribution in [3.63, 3.8) is 0 Å². The van der Waals surface area contributed by atoms with Crippen LogP contribution in [0.3, 0.4) is 0 Å². The topological polar surface area (TPSA) is 61.4 Å². The monoisotopic (exact) mass is 339 g/mol. The van der Waals surface area contributed by atoms with Crippen molar-refractivity contribution in [2.75, 3.05) is 23.7 Å². The van der Waals surface area contributed by atoms with Crippen LogP contribution in [0.25, 0.3) is 0 Å². The minimum Gasteiger partial charge on any atom is -0.326 e. The van der Waals surface area contributed by atoms with E-state index >= 15 is 0 Å². The van der Waals surface area contributed by atoms with Gasteiger partial charge in [-0.25, -0.2) is 0 Å². The number of hydrogen-bond donors (Lipinski definition) is 2. The minimum atomic E-state index is -0.138. The molecule has 2 aromatic carbocycles. The van der Waals surface area contributed by atoms with Crippen LogP contribution in [-0.4, -0.2) is 29.8 Å². The van der Waals surface area contributed by atoms with Crippen molar-refractivity contribution in [3.8, 4) is 0 Å². The summed E-state index contributed by atoms with van der Waals surface area (Å²) in [5, 5.41) is 5.61. The normalized spacial score (nSPS) is 10.5. The maximum Gasteiger partial charge on any atom is 0.238 e. The van der Waals surface area contributed by atoms with Crippen LogP contribution in [0.1, 0.15) is 25.8 Å². The fourth-order valence-corrected chi connectivity index (χ4v) is 2.65. The van der Waals surface area contributed by atoms with Crippen LogP contribution in [0.4, 0.5) is 11.4 Å². The van der Waals surface area contributed by atoms with Crippen LogP contribution in [0.5, 0.6) is 0 Å². The lowest BCUT2D eigenvalue weighted by Gasteiger charge is -2.21. The molecule has 0 aliphatic heterocycles. The van der Waals surface area contributed by atoms with Crippen molar-refractivity contribution in [2.24, 2.45) is 0 Å². The summed E-state index contributed by atoms with van der Waals surface area (Å²) >= 11 is 0. The summed E-state index contributed by atoms with van der Waals surface area (Å²) < 4.78 is 0. The van der Waals surface area contributed by atoms with Crippen LogP contribution in [-0.2, 0) is 16.1 Å². The lowest BCUT2D eigenvalue weighted by molar-refractivity contribution is -0.117. The van der Waals surface area contributed by atoms with Crippen molar-refractivity contribution in [1.29, 1.82) is 0 Å². The Hall–Kier alpha value is -2.66. The van der Waals surface area contributed by atoms with Crippen molar-refractivity contribution < 1.29 is 9.59 Å². The molecule has 0 aliphatic rings. The highest BCUT2D eigenvalue weighted by atomic mass is 16.2. The van der Waals surface area contributed by atoms with Gasteiger partial charge in [0.2, 0.25) is 11.8 Å². The number of anilines is 2. The van der Waals surface area contributed by atoms with Crippen molar-refractivity contribution >= 4 is 23.2 Å². The average molecular weight is 339 g/mol. The van der Waals surface area contributed by atoms with Crippen molar-refractivity contribution in [2.45, 2.75) is 26.8 Å². The zero-order chi connectivity index (χ0) is 18.1. The van der Waals surface area contributed by atoms with Crippen LogP contribution < -0.4 is 10.6 Å². The number of amides is 2. The van der Waals surface area contributed by atoms with Gasteiger partial charge in [-0.15, -0.1) is 0 Å². The second kappa shape index (κ2) is 9.59. The Kier molecular flexibility index (Phi) is 7.16. The van der Waals surface area contributed by atoms with Gasteiger partial charge in [0.1, 0.15) is 0 Å². The highest BCUT2D eigenvalue weighted by Gasteiger charge is 2.11. The second-order valence-corrected chi connectivity index (χ2v) is 6.01. The third-order valence-electron chi connectivity index (χ3n) is 3.62. The number of rotatable bonds is 8. The Morgan fingerprint density at radius 1 is 0.960 bits per heavy atom. The highest BCUT2D eigenvalue weighted by molar-refractivity contribution is 5.94. The van der Waals surface area contributed by atoms with Gasteiger partial charge in [0.15, 0.2) is 0 Å².